The SMILES string of the molecule is Cc1cc(C)nc(C(=O)NCB2OC(C)(C)C(C)(C)O2)c1. The van der Waals surface area contributed by atoms with Crippen LogP contribution in [0.15, 0.2) is 12.1 Å². The molecule has 6 heteroatoms. The van der Waals surface area contributed by atoms with E-state index >= 15 is 0 Å². The van der Waals surface area contributed by atoms with Crippen LogP contribution < -0.4 is 5.32 Å². The number of carbonyl (C=O) groups excluding carboxylic acids is 1. The van der Waals surface area contributed by atoms with Crippen molar-refractivity contribution in [3.63, 3.8) is 0 Å². The molecule has 0 saturated carbocycles. The number of pyridine rings is 1. The quantitative estimate of drug-likeness (QED) is 0.866. The molecule has 21 heavy (non-hydrogen) atoms. The number of amides is 1. The van der Waals surface area contributed by atoms with Gasteiger partial charge in [0.1, 0.15) is 5.69 Å². The zero-order chi connectivity index (χ0) is 15.8. The normalized spacial score (nSPS) is 19.6. The van der Waals surface area contributed by atoms with E-state index in [1.54, 1.807) is 6.07 Å². The first-order valence-corrected chi connectivity index (χ1v) is 7.20. The Balaban J connectivity index is 1.96. The molecular weight excluding hydrogens is 267 g/mol. The molecule has 114 valence electrons. The lowest BCUT2D eigenvalue weighted by Gasteiger charge is -2.32. The summed E-state index contributed by atoms with van der Waals surface area (Å²) in [5.41, 5.74) is 1.49. The average Bonchev–Trinajstić information content (AvgIpc) is 2.53. The van der Waals surface area contributed by atoms with Crippen molar-refractivity contribution in [2.75, 3.05) is 6.44 Å². The summed E-state index contributed by atoms with van der Waals surface area (Å²) in [5.74, 6) is -0.212. The second kappa shape index (κ2) is 5.42. The highest BCUT2D eigenvalue weighted by Crippen LogP contribution is 2.36. The Morgan fingerprint density at radius 3 is 2.29 bits per heavy atom. The molecule has 1 aromatic rings. The van der Waals surface area contributed by atoms with Gasteiger partial charge in [-0.25, -0.2) is 4.98 Å². The highest BCUT2D eigenvalue weighted by Gasteiger charge is 2.50. The third-order valence-electron chi connectivity index (χ3n) is 4.06. The first kappa shape index (κ1) is 16.0. The molecule has 1 aromatic heterocycles. The van der Waals surface area contributed by atoms with Crippen molar-refractivity contribution in [2.24, 2.45) is 0 Å². The minimum Gasteiger partial charge on any atom is -0.402 e. The number of aromatic nitrogens is 1. The fourth-order valence-corrected chi connectivity index (χ4v) is 2.27. The lowest BCUT2D eigenvalue weighted by atomic mass is 9.90. The van der Waals surface area contributed by atoms with Crippen molar-refractivity contribution < 1.29 is 14.1 Å². The molecule has 0 aromatic carbocycles. The zero-order valence-corrected chi connectivity index (χ0v) is 13.6. The van der Waals surface area contributed by atoms with E-state index in [9.17, 15) is 4.79 Å². The first-order chi connectivity index (χ1) is 9.60. The topological polar surface area (TPSA) is 60.5 Å². The number of rotatable bonds is 3. The van der Waals surface area contributed by atoms with Crippen molar-refractivity contribution in [1.82, 2.24) is 10.3 Å². The molecule has 0 radical (unpaired) electrons. The van der Waals surface area contributed by atoms with E-state index in [0.29, 0.717) is 12.1 Å². The van der Waals surface area contributed by atoms with Crippen molar-refractivity contribution >= 4 is 13.0 Å². The van der Waals surface area contributed by atoms with Crippen LogP contribution >= 0.6 is 0 Å². The molecular formula is C15H23BN2O3. The predicted octanol–water partition coefficient (Wildman–Crippen LogP) is 2.06. The lowest BCUT2D eigenvalue weighted by molar-refractivity contribution is 0.00578. The largest absolute Gasteiger partial charge is 0.478 e. The standard InChI is InChI=1S/C15H23BN2O3/c1-10-7-11(2)18-12(8-10)13(19)17-9-16-20-14(3,4)15(5,6)21-16/h7-8H,9H2,1-6H3,(H,17,19). The Morgan fingerprint density at radius 1 is 1.19 bits per heavy atom. The third kappa shape index (κ3) is 3.44. The summed E-state index contributed by atoms with van der Waals surface area (Å²) in [4.78, 5) is 16.4. The zero-order valence-electron chi connectivity index (χ0n) is 13.6. The molecule has 1 fully saturated rings. The van der Waals surface area contributed by atoms with Crippen LogP contribution in [0, 0.1) is 13.8 Å². The van der Waals surface area contributed by atoms with E-state index in [0.717, 1.165) is 11.3 Å². The van der Waals surface area contributed by atoms with E-state index in [2.05, 4.69) is 10.3 Å². The molecule has 2 heterocycles. The number of nitrogens with zero attached hydrogens (tertiary/aromatic N) is 1. The van der Waals surface area contributed by atoms with Gasteiger partial charge in [0, 0.05) is 5.69 Å². The van der Waals surface area contributed by atoms with Crippen LogP contribution in [0.2, 0.25) is 0 Å². The molecule has 2 rings (SSSR count). The first-order valence-electron chi connectivity index (χ1n) is 7.20. The van der Waals surface area contributed by atoms with Crippen LogP contribution in [-0.4, -0.2) is 35.7 Å². The maximum Gasteiger partial charge on any atom is 0.478 e. The van der Waals surface area contributed by atoms with Gasteiger partial charge in [-0.1, -0.05) is 0 Å². The van der Waals surface area contributed by atoms with E-state index in [1.165, 1.54) is 0 Å². The summed E-state index contributed by atoms with van der Waals surface area (Å²) in [6.45, 7) is 11.8. The van der Waals surface area contributed by atoms with Gasteiger partial charge in [-0.2, -0.15) is 0 Å². The van der Waals surface area contributed by atoms with Crippen LogP contribution in [0.3, 0.4) is 0 Å². The maximum absolute atomic E-state index is 12.1. The Kier molecular flexibility index (Phi) is 4.13. The van der Waals surface area contributed by atoms with E-state index in [4.69, 9.17) is 9.31 Å². The van der Waals surface area contributed by atoms with Crippen molar-refractivity contribution in [1.29, 1.82) is 0 Å². The molecule has 0 atom stereocenters. The van der Waals surface area contributed by atoms with Crippen molar-refractivity contribution in [3.8, 4) is 0 Å². The summed E-state index contributed by atoms with van der Waals surface area (Å²) in [6, 6.07) is 3.71. The minimum absolute atomic E-state index is 0.212. The average molecular weight is 290 g/mol. The Morgan fingerprint density at radius 2 is 1.76 bits per heavy atom. The molecule has 0 unspecified atom stereocenters. The van der Waals surface area contributed by atoms with E-state index < -0.39 is 7.12 Å². The molecule has 1 aliphatic heterocycles. The Labute approximate surface area is 126 Å². The maximum atomic E-state index is 12.1. The number of hydrogen-bond acceptors (Lipinski definition) is 4. The number of nitrogens with one attached hydrogen (secondary N) is 1. The Bertz CT molecular complexity index is 522. The van der Waals surface area contributed by atoms with Crippen molar-refractivity contribution in [2.45, 2.75) is 52.7 Å². The number of hydrogen-bond donors (Lipinski definition) is 1. The van der Waals surface area contributed by atoms with E-state index in [1.807, 2.05) is 47.6 Å². The van der Waals surface area contributed by atoms with Gasteiger partial charge in [-0.3, -0.25) is 4.79 Å². The van der Waals surface area contributed by atoms with Gasteiger partial charge in [-0.15, -0.1) is 0 Å². The molecule has 0 bridgehead atoms. The molecule has 1 amide bonds. The second-order valence-corrected chi connectivity index (χ2v) is 6.57. The molecule has 1 aliphatic rings. The van der Waals surface area contributed by atoms with Crippen LogP contribution in [0.5, 0.6) is 0 Å². The molecule has 5 nitrogen and oxygen atoms in total. The van der Waals surface area contributed by atoms with Gasteiger partial charge in [0.05, 0.1) is 17.6 Å². The van der Waals surface area contributed by atoms with Crippen LogP contribution in [0.1, 0.15) is 49.4 Å². The molecule has 1 saturated heterocycles. The van der Waals surface area contributed by atoms with Gasteiger partial charge in [0.25, 0.3) is 5.91 Å². The minimum atomic E-state index is -0.440. The van der Waals surface area contributed by atoms with Gasteiger partial charge < -0.3 is 14.6 Å². The summed E-state index contributed by atoms with van der Waals surface area (Å²) in [6.07, 6.45) is 0.306. The van der Waals surface area contributed by atoms with Crippen molar-refractivity contribution in [3.05, 3.63) is 29.1 Å². The summed E-state index contributed by atoms with van der Waals surface area (Å²) in [5, 5.41) is 2.82. The third-order valence-corrected chi connectivity index (χ3v) is 4.06. The van der Waals surface area contributed by atoms with Crippen LogP contribution in [0.4, 0.5) is 0 Å². The summed E-state index contributed by atoms with van der Waals surface area (Å²) in [7, 11) is -0.440. The second-order valence-electron chi connectivity index (χ2n) is 6.57. The lowest BCUT2D eigenvalue weighted by Crippen LogP contribution is -2.41. The van der Waals surface area contributed by atoms with E-state index in [-0.39, 0.29) is 17.1 Å². The fourth-order valence-electron chi connectivity index (χ4n) is 2.27. The smallest absolute Gasteiger partial charge is 0.402 e. The molecule has 1 N–H and O–H groups in total. The molecule has 0 aliphatic carbocycles. The van der Waals surface area contributed by atoms with Crippen LogP contribution in [-0.2, 0) is 9.31 Å². The number of aryl methyl sites for hydroxylation is 2. The summed E-state index contributed by atoms with van der Waals surface area (Å²) < 4.78 is 11.7. The van der Waals surface area contributed by atoms with Gasteiger partial charge in [-0.05, 0) is 59.2 Å². The monoisotopic (exact) mass is 290 g/mol. The highest BCUT2D eigenvalue weighted by atomic mass is 16.7. The van der Waals surface area contributed by atoms with Gasteiger partial charge in [0.15, 0.2) is 0 Å². The fraction of sp³-hybridized carbons (Fsp3) is 0.600. The van der Waals surface area contributed by atoms with Gasteiger partial charge in [0.2, 0.25) is 0 Å². The highest BCUT2D eigenvalue weighted by molar-refractivity contribution is 6.46. The number of carbonyl (C=O) groups is 1. The summed E-state index contributed by atoms with van der Waals surface area (Å²) >= 11 is 0. The Hall–Kier alpha value is -1.40. The van der Waals surface area contributed by atoms with Crippen LogP contribution in [0.25, 0.3) is 0 Å². The predicted molar refractivity (Wildman–Crippen MR) is 82.1 cm³/mol. The molecule has 0 spiro atoms. The van der Waals surface area contributed by atoms with Gasteiger partial charge >= 0.3 is 7.12 Å².